The van der Waals surface area contributed by atoms with Crippen molar-refractivity contribution in [2.24, 2.45) is 0 Å². The number of hydrogen-bond donors (Lipinski definition) is 0. The molecule has 0 atom stereocenters. The molecule has 6 nitrogen and oxygen atoms in total. The molecule has 0 aliphatic rings. The molecule has 1 aromatic carbocycles. The number of benzene rings is 1. The van der Waals surface area contributed by atoms with Gasteiger partial charge in [-0.05, 0) is 0 Å². The van der Waals surface area contributed by atoms with Crippen molar-refractivity contribution in [3.8, 4) is 0 Å². The van der Waals surface area contributed by atoms with E-state index in [4.69, 9.17) is 12.6 Å². The molecule has 0 N–H and O–H groups in total. The molecule has 0 unspecified atom stereocenters. The predicted molar refractivity (Wildman–Crippen MR) is 63.4 cm³/mol. The summed E-state index contributed by atoms with van der Waals surface area (Å²) in [6.07, 6.45) is 2.64. The first-order valence-electron chi connectivity index (χ1n) is 4.91. The molecule has 0 amide bonds. The summed E-state index contributed by atoms with van der Waals surface area (Å²) >= 11 is 0. The van der Waals surface area contributed by atoms with Gasteiger partial charge in [0.25, 0.3) is 5.69 Å². The van der Waals surface area contributed by atoms with Crippen LogP contribution in [0.15, 0.2) is 30.3 Å². The lowest BCUT2D eigenvalue weighted by atomic mass is 10.3. The third-order valence-corrected chi connectivity index (χ3v) is 1.47. The number of rotatable bonds is 2. The fourth-order valence-corrected chi connectivity index (χ4v) is 0.550. The number of nitrogens with zero attached hydrogens (tertiary/aromatic N) is 1. The van der Waals surface area contributed by atoms with Gasteiger partial charge in [-0.2, -0.15) is 0 Å². The Morgan fingerprint density at radius 2 is 1.41 bits per heavy atom. The van der Waals surface area contributed by atoms with E-state index in [9.17, 15) is 10.1 Å². The highest BCUT2D eigenvalue weighted by Crippen LogP contribution is 2.06. The van der Waals surface area contributed by atoms with Gasteiger partial charge in [-0.15, -0.1) is 12.6 Å². The number of para-hydroxylation sites is 1. The third-order valence-electron chi connectivity index (χ3n) is 1.47. The van der Waals surface area contributed by atoms with E-state index in [1.54, 1.807) is 18.2 Å². The van der Waals surface area contributed by atoms with Crippen molar-refractivity contribution < 1.29 is 17.6 Å². The molecular weight excluding hydrogens is 246 g/mol. The smallest absolute Gasteiger partial charge is 0.258 e. The number of hydrogen-bond acceptors (Lipinski definition) is 5. The average molecular weight is 261 g/mol. The van der Waals surface area contributed by atoms with Crippen LogP contribution in [0.2, 0.25) is 0 Å². The molecule has 1 rings (SSSR count). The summed E-state index contributed by atoms with van der Waals surface area (Å²) in [6, 6.07) is 7.93. The second-order valence-electron chi connectivity index (χ2n) is 2.80. The van der Waals surface area contributed by atoms with Gasteiger partial charge in [0.1, 0.15) is 0 Å². The van der Waals surface area contributed by atoms with Crippen molar-refractivity contribution in [1.29, 1.82) is 0 Å². The van der Waals surface area contributed by atoms with Gasteiger partial charge in [0.05, 0.1) is 4.92 Å². The molecule has 0 aliphatic heterocycles. The molecule has 0 radical (unpaired) electrons. The first-order chi connectivity index (χ1) is 7.95. The highest BCUT2D eigenvalue weighted by atomic mass is 32.2. The van der Waals surface area contributed by atoms with Crippen molar-refractivity contribution in [3.05, 3.63) is 40.4 Å². The molecule has 0 heterocycles. The molecule has 0 fully saturated rings. The number of unbranched alkanes of at least 4 members (excludes halogenated alkanes) is 1. The van der Waals surface area contributed by atoms with Crippen LogP contribution in [-0.2, 0) is 10.6 Å². The van der Waals surface area contributed by atoms with Gasteiger partial charge in [0.2, 0.25) is 0 Å². The van der Waals surface area contributed by atoms with Gasteiger partial charge in [-0.25, -0.2) is 0 Å². The van der Waals surface area contributed by atoms with Crippen molar-refractivity contribution in [2.45, 2.75) is 26.7 Å². The van der Waals surface area contributed by atoms with Crippen molar-refractivity contribution in [1.82, 2.24) is 0 Å². The van der Waals surface area contributed by atoms with Gasteiger partial charge in [-0.1, -0.05) is 44.9 Å². The molecule has 0 saturated heterocycles. The molecular formula is C10H15NO5S. The molecule has 0 spiro atoms. The van der Waals surface area contributed by atoms with E-state index in [1.807, 2.05) is 0 Å². The summed E-state index contributed by atoms with van der Waals surface area (Å²) < 4.78 is 25.3. The number of nitro benzene ring substituents is 1. The van der Waals surface area contributed by atoms with Crippen LogP contribution >= 0.6 is 0 Å². The average Bonchev–Trinajstić information content (AvgIpc) is 2.30. The minimum atomic E-state index is -3.11. The minimum Gasteiger partial charge on any atom is -0.258 e. The minimum absolute atomic E-state index is 0.137. The Morgan fingerprint density at radius 3 is 1.59 bits per heavy atom. The summed E-state index contributed by atoms with van der Waals surface area (Å²) in [5, 5.41) is 10.0. The first-order valence-corrected chi connectivity index (χ1v) is 5.91. The Hall–Kier alpha value is -1.76. The van der Waals surface area contributed by atoms with Crippen LogP contribution in [0.1, 0.15) is 26.7 Å². The van der Waals surface area contributed by atoms with E-state index < -0.39 is 15.5 Å². The maximum atomic E-state index is 10.0. The molecule has 7 heteroatoms. The van der Waals surface area contributed by atoms with Gasteiger partial charge >= 0.3 is 10.6 Å². The molecule has 0 aromatic heterocycles. The fourth-order valence-electron chi connectivity index (χ4n) is 0.550. The highest BCUT2D eigenvalue weighted by molar-refractivity contribution is 7.59. The predicted octanol–water partition coefficient (Wildman–Crippen LogP) is 2.40. The standard InChI is InChI=1S/C6H5NO2.C4H10.O3S/c8-7(9)6-4-2-1-3-5-6;1-3-4-2;1-4(2)3/h1-5H;3-4H2,1-2H3;. The molecule has 17 heavy (non-hydrogen) atoms. The Balaban J connectivity index is 0. The highest BCUT2D eigenvalue weighted by Gasteiger charge is 1.98. The van der Waals surface area contributed by atoms with E-state index in [0.717, 1.165) is 0 Å². The quantitative estimate of drug-likeness (QED) is 0.601. The van der Waals surface area contributed by atoms with Crippen LogP contribution in [0.3, 0.4) is 0 Å². The zero-order valence-electron chi connectivity index (χ0n) is 9.70. The van der Waals surface area contributed by atoms with Gasteiger partial charge in [0, 0.05) is 12.1 Å². The van der Waals surface area contributed by atoms with Gasteiger partial charge < -0.3 is 0 Å². The Labute approximate surface area is 101 Å². The van der Waals surface area contributed by atoms with E-state index >= 15 is 0 Å². The number of non-ortho nitro benzene ring substituents is 1. The lowest BCUT2D eigenvalue weighted by Crippen LogP contribution is -1.84. The second-order valence-corrected chi connectivity index (χ2v) is 3.21. The van der Waals surface area contributed by atoms with E-state index in [0.29, 0.717) is 0 Å². The maximum absolute atomic E-state index is 10.0. The van der Waals surface area contributed by atoms with Crippen molar-refractivity contribution >= 4 is 16.3 Å². The zero-order chi connectivity index (χ0) is 13.7. The summed E-state index contributed by atoms with van der Waals surface area (Å²) in [6.45, 7) is 4.36. The van der Waals surface area contributed by atoms with E-state index in [2.05, 4.69) is 13.8 Å². The largest absolute Gasteiger partial charge is 0.425 e. The molecule has 96 valence electrons. The van der Waals surface area contributed by atoms with E-state index in [-0.39, 0.29) is 5.69 Å². The SMILES string of the molecule is CCCC.O=S(=O)=O.O=[N+]([O-])c1ccccc1. The normalized spacial score (nSPS) is 7.88. The Kier molecular flexibility index (Phi) is 12.8. The fraction of sp³-hybridized carbons (Fsp3) is 0.400. The van der Waals surface area contributed by atoms with E-state index in [1.165, 1.54) is 25.0 Å². The summed E-state index contributed by atoms with van der Waals surface area (Å²) in [5.74, 6) is 0. The lowest BCUT2D eigenvalue weighted by Gasteiger charge is -1.85. The first kappa shape index (κ1) is 17.6. The summed E-state index contributed by atoms with van der Waals surface area (Å²) in [7, 11) is -3.11. The lowest BCUT2D eigenvalue weighted by molar-refractivity contribution is -0.384. The molecule has 1 aromatic rings. The Morgan fingerprint density at radius 1 is 1.06 bits per heavy atom. The van der Waals surface area contributed by atoms with Crippen LogP contribution in [-0.4, -0.2) is 17.6 Å². The maximum Gasteiger partial charge on any atom is 0.425 e. The zero-order valence-corrected chi connectivity index (χ0v) is 10.5. The van der Waals surface area contributed by atoms with Crippen LogP contribution in [0.5, 0.6) is 0 Å². The number of nitro groups is 1. The molecule has 0 bridgehead atoms. The van der Waals surface area contributed by atoms with Crippen LogP contribution in [0.25, 0.3) is 0 Å². The van der Waals surface area contributed by atoms with Crippen LogP contribution in [0, 0.1) is 10.1 Å². The third kappa shape index (κ3) is 16.9. The van der Waals surface area contributed by atoms with Crippen LogP contribution in [0.4, 0.5) is 5.69 Å². The van der Waals surface area contributed by atoms with Gasteiger partial charge in [0.15, 0.2) is 0 Å². The van der Waals surface area contributed by atoms with Gasteiger partial charge in [-0.3, -0.25) is 10.1 Å². The van der Waals surface area contributed by atoms with Crippen molar-refractivity contribution in [2.75, 3.05) is 0 Å². The summed E-state index contributed by atoms with van der Waals surface area (Å²) in [5.41, 5.74) is 0.137. The molecule has 0 saturated carbocycles. The second kappa shape index (κ2) is 12.3. The topological polar surface area (TPSA) is 94.4 Å². The van der Waals surface area contributed by atoms with Crippen molar-refractivity contribution in [3.63, 3.8) is 0 Å². The van der Waals surface area contributed by atoms with Crippen LogP contribution < -0.4 is 0 Å². The summed E-state index contributed by atoms with van der Waals surface area (Å²) in [4.78, 5) is 9.59. The monoisotopic (exact) mass is 261 g/mol. The Bertz CT molecular complexity index is 392. The molecule has 0 aliphatic carbocycles.